The number of hydrogen-bond acceptors (Lipinski definition) is 4. The Morgan fingerprint density at radius 2 is 1.45 bits per heavy atom. The van der Waals surface area contributed by atoms with Gasteiger partial charge >= 0.3 is 0 Å². The number of hydrogen-bond donors (Lipinski definition) is 0. The van der Waals surface area contributed by atoms with Crippen LogP contribution in [0.4, 0.5) is 0 Å². The van der Waals surface area contributed by atoms with Crippen molar-refractivity contribution in [2.45, 2.75) is 25.9 Å². The molecular weight excluding hydrogens is 474 g/mol. The normalized spacial score (nSPS) is 11.7. The topological polar surface area (TPSA) is 64.4 Å². The first-order chi connectivity index (χ1) is 18.7. The monoisotopic (exact) mass is 503 g/mol. The Labute approximate surface area is 221 Å². The van der Waals surface area contributed by atoms with Crippen molar-refractivity contribution in [1.29, 1.82) is 0 Å². The minimum Gasteiger partial charge on any atom is -0.484 e. The van der Waals surface area contributed by atoms with Crippen LogP contribution in [0.15, 0.2) is 120 Å². The van der Waals surface area contributed by atoms with Crippen LogP contribution < -0.4 is 10.3 Å². The van der Waals surface area contributed by atoms with E-state index in [0.29, 0.717) is 41.1 Å². The lowest BCUT2D eigenvalue weighted by Gasteiger charge is -2.32. The molecule has 0 bridgehead atoms. The van der Waals surface area contributed by atoms with Gasteiger partial charge < -0.3 is 9.64 Å². The van der Waals surface area contributed by atoms with Gasteiger partial charge in [-0.25, -0.2) is 4.98 Å². The van der Waals surface area contributed by atoms with Crippen molar-refractivity contribution in [3.63, 3.8) is 0 Å². The first-order valence-corrected chi connectivity index (χ1v) is 12.7. The van der Waals surface area contributed by atoms with Gasteiger partial charge in [0.05, 0.1) is 22.6 Å². The van der Waals surface area contributed by atoms with Gasteiger partial charge in [-0.05, 0) is 48.4 Å². The lowest BCUT2D eigenvalue weighted by atomic mass is 10.1. The second-order valence-corrected chi connectivity index (χ2v) is 9.00. The summed E-state index contributed by atoms with van der Waals surface area (Å²) in [6, 6.07) is 35.4. The molecule has 0 fully saturated rings. The van der Waals surface area contributed by atoms with Crippen LogP contribution in [0.3, 0.4) is 0 Å². The maximum atomic E-state index is 13.8. The van der Waals surface area contributed by atoms with Crippen LogP contribution in [-0.2, 0) is 11.3 Å². The highest BCUT2D eigenvalue weighted by atomic mass is 16.5. The van der Waals surface area contributed by atoms with E-state index in [4.69, 9.17) is 9.72 Å². The molecule has 0 aliphatic carbocycles. The van der Waals surface area contributed by atoms with E-state index in [1.807, 2.05) is 116 Å². The summed E-state index contributed by atoms with van der Waals surface area (Å²) in [4.78, 5) is 34.4. The standard InChI is InChI=1S/C32H29N3O3/c1-2-29(31-33-28-21-13-12-20-27(28)32(37)35(31)25-16-8-4-9-17-25)34(22-24-14-6-3-7-15-24)30(36)23-38-26-18-10-5-11-19-26/h3-21,29H,2,22-23H2,1H3. The summed E-state index contributed by atoms with van der Waals surface area (Å²) in [5, 5.41) is 0.531. The first kappa shape index (κ1) is 25.0. The van der Waals surface area contributed by atoms with Crippen LogP contribution in [0, 0.1) is 0 Å². The Bertz CT molecular complexity index is 1570. The van der Waals surface area contributed by atoms with Crippen molar-refractivity contribution in [3.05, 3.63) is 137 Å². The molecule has 6 heteroatoms. The lowest BCUT2D eigenvalue weighted by Crippen LogP contribution is -2.40. The number of nitrogens with zero attached hydrogens (tertiary/aromatic N) is 3. The third-order valence-electron chi connectivity index (χ3n) is 6.50. The summed E-state index contributed by atoms with van der Waals surface area (Å²) < 4.78 is 7.48. The predicted octanol–water partition coefficient (Wildman–Crippen LogP) is 5.94. The third kappa shape index (κ3) is 5.34. The molecule has 0 aliphatic heterocycles. The van der Waals surface area contributed by atoms with Gasteiger partial charge in [0, 0.05) is 6.54 Å². The smallest absolute Gasteiger partial charge is 0.266 e. The van der Waals surface area contributed by atoms with Crippen molar-refractivity contribution in [2.24, 2.45) is 0 Å². The van der Waals surface area contributed by atoms with E-state index in [0.717, 1.165) is 5.56 Å². The van der Waals surface area contributed by atoms with Gasteiger partial charge in [0.1, 0.15) is 11.6 Å². The zero-order chi connectivity index (χ0) is 26.3. The summed E-state index contributed by atoms with van der Waals surface area (Å²) in [6.07, 6.45) is 0.557. The second-order valence-electron chi connectivity index (χ2n) is 9.00. The Hall–Kier alpha value is -4.71. The van der Waals surface area contributed by atoms with Gasteiger partial charge in [0.2, 0.25) is 0 Å². The van der Waals surface area contributed by atoms with Crippen molar-refractivity contribution >= 4 is 16.8 Å². The molecule has 1 atom stereocenters. The molecule has 1 heterocycles. The number of rotatable bonds is 9. The van der Waals surface area contributed by atoms with E-state index in [-0.39, 0.29) is 18.1 Å². The highest BCUT2D eigenvalue weighted by Gasteiger charge is 2.29. The van der Waals surface area contributed by atoms with E-state index < -0.39 is 6.04 Å². The molecule has 4 aromatic carbocycles. The minimum atomic E-state index is -0.473. The Kier molecular flexibility index (Phi) is 7.59. The molecule has 0 saturated carbocycles. The maximum absolute atomic E-state index is 13.8. The number of carbonyl (C=O) groups excluding carboxylic acids is 1. The number of fused-ring (bicyclic) bond motifs is 1. The summed E-state index contributed by atoms with van der Waals surface area (Å²) >= 11 is 0. The molecule has 1 unspecified atom stereocenters. The fourth-order valence-electron chi connectivity index (χ4n) is 4.64. The summed E-state index contributed by atoms with van der Waals surface area (Å²) in [5.74, 6) is 0.955. The van der Waals surface area contributed by atoms with E-state index in [1.165, 1.54) is 0 Å². The molecule has 5 aromatic rings. The summed E-state index contributed by atoms with van der Waals surface area (Å²) in [7, 11) is 0. The largest absolute Gasteiger partial charge is 0.484 e. The Balaban J connectivity index is 1.62. The van der Waals surface area contributed by atoms with E-state index in [9.17, 15) is 9.59 Å². The molecule has 5 rings (SSSR count). The van der Waals surface area contributed by atoms with E-state index in [2.05, 4.69) is 0 Å². The van der Waals surface area contributed by atoms with Crippen LogP contribution in [0.5, 0.6) is 5.75 Å². The Morgan fingerprint density at radius 3 is 2.13 bits per heavy atom. The molecule has 38 heavy (non-hydrogen) atoms. The molecule has 190 valence electrons. The summed E-state index contributed by atoms with van der Waals surface area (Å²) in [5.41, 5.74) is 2.12. The van der Waals surface area contributed by atoms with Crippen molar-refractivity contribution < 1.29 is 9.53 Å². The minimum absolute atomic E-state index is 0.128. The molecule has 6 nitrogen and oxygen atoms in total. The quantitative estimate of drug-likeness (QED) is 0.250. The van der Waals surface area contributed by atoms with E-state index >= 15 is 0 Å². The molecule has 0 radical (unpaired) electrons. The number of carbonyl (C=O) groups is 1. The molecular formula is C32H29N3O3. The van der Waals surface area contributed by atoms with Crippen LogP contribution in [0.25, 0.3) is 16.6 Å². The predicted molar refractivity (Wildman–Crippen MR) is 149 cm³/mol. The second kappa shape index (κ2) is 11.6. The lowest BCUT2D eigenvalue weighted by molar-refractivity contribution is -0.137. The van der Waals surface area contributed by atoms with Crippen LogP contribution in [0.2, 0.25) is 0 Å². The summed E-state index contributed by atoms with van der Waals surface area (Å²) in [6.45, 7) is 2.23. The van der Waals surface area contributed by atoms with Gasteiger partial charge in [0.25, 0.3) is 11.5 Å². The van der Waals surface area contributed by atoms with Crippen LogP contribution >= 0.6 is 0 Å². The molecule has 0 N–H and O–H groups in total. The average Bonchev–Trinajstić information content (AvgIpc) is 2.97. The van der Waals surface area contributed by atoms with Crippen LogP contribution in [-0.4, -0.2) is 27.0 Å². The molecule has 1 amide bonds. The van der Waals surface area contributed by atoms with Crippen molar-refractivity contribution in [3.8, 4) is 11.4 Å². The molecule has 0 spiro atoms. The average molecular weight is 504 g/mol. The molecule has 0 saturated heterocycles. The van der Waals surface area contributed by atoms with Crippen molar-refractivity contribution in [2.75, 3.05) is 6.61 Å². The van der Waals surface area contributed by atoms with Gasteiger partial charge in [-0.15, -0.1) is 0 Å². The fraction of sp³-hybridized carbons (Fsp3) is 0.156. The molecule has 1 aromatic heterocycles. The SMILES string of the molecule is CCC(c1nc2ccccc2c(=O)n1-c1ccccc1)N(Cc1ccccc1)C(=O)COc1ccccc1. The van der Waals surface area contributed by atoms with Gasteiger partial charge in [-0.1, -0.05) is 85.8 Å². The van der Waals surface area contributed by atoms with Gasteiger partial charge in [-0.3, -0.25) is 14.2 Å². The van der Waals surface area contributed by atoms with Gasteiger partial charge in [-0.2, -0.15) is 0 Å². The van der Waals surface area contributed by atoms with Crippen LogP contribution in [0.1, 0.15) is 30.8 Å². The number of benzene rings is 4. The van der Waals surface area contributed by atoms with Crippen molar-refractivity contribution in [1.82, 2.24) is 14.5 Å². The highest BCUT2D eigenvalue weighted by molar-refractivity contribution is 5.79. The third-order valence-corrected chi connectivity index (χ3v) is 6.50. The number of amides is 1. The number of para-hydroxylation sites is 3. The number of aromatic nitrogens is 2. The fourth-order valence-corrected chi connectivity index (χ4v) is 4.64. The maximum Gasteiger partial charge on any atom is 0.266 e. The Morgan fingerprint density at radius 1 is 0.842 bits per heavy atom. The number of ether oxygens (including phenoxy) is 1. The highest BCUT2D eigenvalue weighted by Crippen LogP contribution is 2.28. The molecule has 0 aliphatic rings. The zero-order valence-corrected chi connectivity index (χ0v) is 21.2. The van der Waals surface area contributed by atoms with Gasteiger partial charge in [0.15, 0.2) is 6.61 Å². The first-order valence-electron chi connectivity index (χ1n) is 12.7. The van der Waals surface area contributed by atoms with E-state index in [1.54, 1.807) is 15.5 Å². The zero-order valence-electron chi connectivity index (χ0n) is 21.2.